The van der Waals surface area contributed by atoms with Gasteiger partial charge in [-0.15, -0.1) is 0 Å². The lowest BCUT2D eigenvalue weighted by Gasteiger charge is -2.11. The quantitative estimate of drug-likeness (QED) is 0.610. The van der Waals surface area contributed by atoms with Crippen molar-refractivity contribution in [2.45, 2.75) is 13.3 Å². The van der Waals surface area contributed by atoms with Gasteiger partial charge in [-0.25, -0.2) is 12.7 Å². The van der Waals surface area contributed by atoms with E-state index in [1.807, 2.05) is 0 Å². The van der Waals surface area contributed by atoms with Crippen molar-refractivity contribution in [3.63, 3.8) is 0 Å². The molecule has 0 spiro atoms. The topological polar surface area (TPSA) is 54.5 Å². The number of hydrogen-bond acceptors (Lipinski definition) is 3. The van der Waals surface area contributed by atoms with E-state index >= 15 is 0 Å². The first-order valence-corrected chi connectivity index (χ1v) is 5.71. The molecule has 0 aromatic carbocycles. The monoisotopic (exact) mass is 191 g/mol. The Morgan fingerprint density at radius 3 is 2.33 bits per heavy atom. The van der Waals surface area contributed by atoms with Crippen LogP contribution in [-0.4, -0.2) is 37.9 Å². The fraction of sp³-hybridized carbons (Fsp3) is 0.857. The summed E-state index contributed by atoms with van der Waals surface area (Å²) < 4.78 is 23.4. The molecular weight excluding hydrogens is 178 g/mol. The summed E-state index contributed by atoms with van der Waals surface area (Å²) in [6.45, 7) is 2.37. The van der Waals surface area contributed by atoms with Crippen LogP contribution in [0.2, 0.25) is 0 Å². The fourth-order valence-corrected chi connectivity index (χ4v) is 2.25. The van der Waals surface area contributed by atoms with Crippen LogP contribution >= 0.6 is 0 Å². The van der Waals surface area contributed by atoms with E-state index in [-0.39, 0.29) is 11.7 Å². The highest BCUT2D eigenvalue weighted by Crippen LogP contribution is 2.18. The van der Waals surface area contributed by atoms with Crippen molar-refractivity contribution in [2.75, 3.05) is 19.3 Å². The molecule has 1 aliphatic rings. The molecule has 1 rings (SSSR count). The molecule has 1 saturated heterocycles. The minimum atomic E-state index is -3.09. The maximum absolute atomic E-state index is 11.0. The Labute approximate surface area is 72.6 Å². The fourth-order valence-electron chi connectivity index (χ4n) is 1.36. The number of sulfonamides is 1. The van der Waals surface area contributed by atoms with Crippen molar-refractivity contribution >= 4 is 15.8 Å². The van der Waals surface area contributed by atoms with E-state index in [1.54, 1.807) is 0 Å². The molecule has 70 valence electrons. The zero-order chi connectivity index (χ0) is 9.35. The summed E-state index contributed by atoms with van der Waals surface area (Å²) in [7, 11) is -3.09. The largest absolute Gasteiger partial charge is 0.300 e. The van der Waals surface area contributed by atoms with E-state index in [0.29, 0.717) is 19.5 Å². The summed E-state index contributed by atoms with van der Waals surface area (Å²) >= 11 is 0. The van der Waals surface area contributed by atoms with Crippen molar-refractivity contribution < 1.29 is 13.2 Å². The molecule has 1 heterocycles. The van der Waals surface area contributed by atoms with E-state index in [1.165, 1.54) is 17.5 Å². The van der Waals surface area contributed by atoms with Gasteiger partial charge in [-0.2, -0.15) is 0 Å². The predicted octanol–water partition coefficient (Wildman–Crippen LogP) is -0.143. The molecule has 0 aromatic heterocycles. The van der Waals surface area contributed by atoms with Gasteiger partial charge in [0.1, 0.15) is 5.78 Å². The lowest BCUT2D eigenvalue weighted by atomic mass is 10.1. The number of carbonyl (C=O) groups excluding carboxylic acids is 1. The summed E-state index contributed by atoms with van der Waals surface area (Å²) in [5, 5.41) is 0. The number of nitrogens with zero attached hydrogens (tertiary/aromatic N) is 1. The van der Waals surface area contributed by atoms with E-state index in [9.17, 15) is 13.2 Å². The summed E-state index contributed by atoms with van der Waals surface area (Å²) in [5.41, 5.74) is 0. The molecule has 0 aromatic rings. The molecular formula is C7H13NO3S. The Balaban J connectivity index is 2.64. The van der Waals surface area contributed by atoms with Crippen LogP contribution in [0.5, 0.6) is 0 Å². The third-order valence-electron chi connectivity index (χ3n) is 2.19. The average molecular weight is 191 g/mol. The predicted molar refractivity (Wildman–Crippen MR) is 45.2 cm³/mol. The number of hydrogen-bond donors (Lipinski definition) is 0. The van der Waals surface area contributed by atoms with E-state index < -0.39 is 10.0 Å². The highest BCUT2D eigenvalue weighted by molar-refractivity contribution is 7.88. The molecule has 4 nitrogen and oxygen atoms in total. The van der Waals surface area contributed by atoms with Gasteiger partial charge >= 0.3 is 0 Å². The SMILES string of the molecule is CC(=O)[C@H]1CCN(S(C)(=O)=O)C1. The van der Waals surface area contributed by atoms with Gasteiger partial charge in [0.2, 0.25) is 10.0 Å². The zero-order valence-corrected chi connectivity index (χ0v) is 8.10. The van der Waals surface area contributed by atoms with Gasteiger partial charge in [0.05, 0.1) is 6.26 Å². The van der Waals surface area contributed by atoms with Crippen LogP contribution in [0.4, 0.5) is 0 Å². The van der Waals surface area contributed by atoms with Crippen molar-refractivity contribution in [1.82, 2.24) is 4.31 Å². The van der Waals surface area contributed by atoms with Crippen molar-refractivity contribution in [1.29, 1.82) is 0 Å². The van der Waals surface area contributed by atoms with Gasteiger partial charge < -0.3 is 0 Å². The molecule has 1 fully saturated rings. The molecule has 0 bridgehead atoms. The van der Waals surface area contributed by atoms with Gasteiger partial charge in [-0.1, -0.05) is 0 Å². The van der Waals surface area contributed by atoms with E-state index in [4.69, 9.17) is 0 Å². The number of rotatable bonds is 2. The van der Waals surface area contributed by atoms with Crippen LogP contribution in [0.3, 0.4) is 0 Å². The summed E-state index contributed by atoms with van der Waals surface area (Å²) in [5.74, 6) is 0.000810. The van der Waals surface area contributed by atoms with Crippen molar-refractivity contribution in [2.24, 2.45) is 5.92 Å². The summed E-state index contributed by atoms with van der Waals surface area (Å²) in [4.78, 5) is 10.9. The van der Waals surface area contributed by atoms with E-state index in [2.05, 4.69) is 0 Å². The van der Waals surface area contributed by atoms with Gasteiger partial charge in [0, 0.05) is 19.0 Å². The molecule has 0 unspecified atom stereocenters. The highest BCUT2D eigenvalue weighted by Gasteiger charge is 2.30. The first kappa shape index (κ1) is 9.67. The Hall–Kier alpha value is -0.420. The molecule has 1 aliphatic heterocycles. The third-order valence-corrected chi connectivity index (χ3v) is 3.46. The standard InChI is InChI=1S/C7H13NO3S/c1-6(9)7-3-4-8(5-7)12(2,10)11/h7H,3-5H2,1-2H3/t7-/m0/s1. The van der Waals surface area contributed by atoms with Crippen LogP contribution < -0.4 is 0 Å². The molecule has 0 amide bonds. The van der Waals surface area contributed by atoms with Crippen LogP contribution in [0, 0.1) is 5.92 Å². The van der Waals surface area contributed by atoms with Crippen LogP contribution in [0.1, 0.15) is 13.3 Å². The van der Waals surface area contributed by atoms with Crippen LogP contribution in [0.25, 0.3) is 0 Å². The first-order valence-electron chi connectivity index (χ1n) is 3.87. The molecule has 0 N–H and O–H groups in total. The molecule has 0 radical (unpaired) electrons. The second kappa shape index (κ2) is 3.14. The van der Waals surface area contributed by atoms with Crippen LogP contribution in [0.15, 0.2) is 0 Å². The number of Topliss-reactive ketones (excluding diaryl/α,β-unsaturated/α-hetero) is 1. The normalized spacial score (nSPS) is 26.0. The first-order chi connectivity index (χ1) is 5.41. The minimum Gasteiger partial charge on any atom is -0.300 e. The van der Waals surface area contributed by atoms with Gasteiger partial charge in [-0.05, 0) is 13.3 Å². The summed E-state index contributed by atoms with van der Waals surface area (Å²) in [6, 6.07) is 0. The Morgan fingerprint density at radius 1 is 1.50 bits per heavy atom. The minimum absolute atomic E-state index is 0.0836. The maximum atomic E-state index is 11.0. The number of ketones is 1. The van der Waals surface area contributed by atoms with Crippen molar-refractivity contribution in [3.05, 3.63) is 0 Å². The maximum Gasteiger partial charge on any atom is 0.211 e. The second-order valence-electron chi connectivity index (χ2n) is 3.22. The third kappa shape index (κ3) is 2.04. The lowest BCUT2D eigenvalue weighted by Crippen LogP contribution is -2.28. The Morgan fingerprint density at radius 2 is 2.08 bits per heavy atom. The average Bonchev–Trinajstić information content (AvgIpc) is 2.30. The van der Waals surface area contributed by atoms with Crippen molar-refractivity contribution in [3.8, 4) is 0 Å². The van der Waals surface area contributed by atoms with E-state index in [0.717, 1.165) is 0 Å². The lowest BCUT2D eigenvalue weighted by molar-refractivity contribution is -0.120. The molecule has 0 aliphatic carbocycles. The van der Waals surface area contributed by atoms with Gasteiger partial charge in [0.15, 0.2) is 0 Å². The molecule has 1 atom stereocenters. The highest BCUT2D eigenvalue weighted by atomic mass is 32.2. The number of carbonyl (C=O) groups is 1. The Bertz CT molecular complexity index is 283. The smallest absolute Gasteiger partial charge is 0.211 e. The van der Waals surface area contributed by atoms with Crippen LogP contribution in [-0.2, 0) is 14.8 Å². The molecule has 5 heteroatoms. The zero-order valence-electron chi connectivity index (χ0n) is 7.28. The second-order valence-corrected chi connectivity index (χ2v) is 5.20. The Kier molecular flexibility index (Phi) is 2.53. The molecule has 0 saturated carbocycles. The van der Waals surface area contributed by atoms with Gasteiger partial charge in [0.25, 0.3) is 0 Å². The van der Waals surface area contributed by atoms with Gasteiger partial charge in [-0.3, -0.25) is 4.79 Å². The molecule has 12 heavy (non-hydrogen) atoms. The summed E-state index contributed by atoms with van der Waals surface area (Å²) in [6.07, 6.45) is 1.85.